The van der Waals surface area contributed by atoms with Crippen molar-refractivity contribution in [1.29, 1.82) is 0 Å². The van der Waals surface area contributed by atoms with E-state index in [1.165, 1.54) is 53.1 Å². The molecule has 0 fully saturated rings. The molecule has 2 aromatic rings. The molecule has 2 unspecified atom stereocenters. The minimum Gasteiger partial charge on any atom is -0.456 e. The first-order valence-electron chi connectivity index (χ1n) is 26.3. The number of nitrogens with one attached hydrogen (secondary N) is 4. The zero-order valence-electron chi connectivity index (χ0n) is 46.3. The highest BCUT2D eigenvalue weighted by Crippen LogP contribution is 2.34. The van der Waals surface area contributed by atoms with Gasteiger partial charge in [-0.25, -0.2) is 24.4 Å². The molecule has 0 aliphatic carbocycles. The van der Waals surface area contributed by atoms with Gasteiger partial charge in [0.2, 0.25) is 17.7 Å². The number of allylic oxidation sites excluding steroid dienone is 2. The number of cyclic esters (lactones) is 1. The predicted octanol–water partition coefficient (Wildman–Crippen LogP) is 9.83. The number of carbonyl (C=O) groups excluding carboxylic acids is 7. The number of Topliss-reactive ketones (excluding diaryl/α,β-unsaturated/α-hetero) is 1. The fraction of sp³-hybridized carbons (Fsp3) is 0.655. The van der Waals surface area contributed by atoms with Crippen molar-refractivity contribution in [3.63, 3.8) is 0 Å². The van der Waals surface area contributed by atoms with Crippen molar-refractivity contribution in [2.24, 2.45) is 21.8 Å². The molecule has 0 aromatic carbocycles. The Balaban J connectivity index is 0.000000408. The maximum Gasteiger partial charge on any atom is 0.408 e. The second-order valence-corrected chi connectivity index (χ2v) is 25.0. The topological polar surface area (TPSA) is 246 Å². The summed E-state index contributed by atoms with van der Waals surface area (Å²) in [6, 6.07) is -1.74. The van der Waals surface area contributed by atoms with Crippen LogP contribution in [-0.4, -0.2) is 114 Å². The Morgan fingerprint density at radius 2 is 1.53 bits per heavy atom. The van der Waals surface area contributed by atoms with E-state index in [1.807, 2.05) is 50.6 Å². The highest BCUT2D eigenvalue weighted by molar-refractivity contribution is 8.15. The number of hydrogen-bond acceptors (Lipinski definition) is 18. The number of nitrogens with zero attached hydrogens (tertiary/aromatic N) is 4. The maximum atomic E-state index is 13.4. The van der Waals surface area contributed by atoms with Crippen LogP contribution in [0, 0.1) is 11.8 Å². The van der Waals surface area contributed by atoms with E-state index in [9.17, 15) is 33.6 Å². The lowest BCUT2D eigenvalue weighted by Gasteiger charge is -2.27. The number of alkyl carbamates (subject to hydrolysis) is 1. The van der Waals surface area contributed by atoms with Crippen LogP contribution < -0.4 is 21.3 Å². The first kappa shape index (κ1) is 66.4. The minimum absolute atomic E-state index is 0. The smallest absolute Gasteiger partial charge is 0.408 e. The zero-order chi connectivity index (χ0) is 56.2. The minimum atomic E-state index is -1.11. The molecule has 22 heteroatoms. The van der Waals surface area contributed by atoms with Gasteiger partial charge in [0.1, 0.15) is 78.2 Å². The van der Waals surface area contributed by atoms with Crippen molar-refractivity contribution in [2.75, 3.05) is 11.5 Å². The lowest BCUT2D eigenvalue weighted by atomic mass is 10.0. The summed E-state index contributed by atoms with van der Waals surface area (Å²) in [5, 5.41) is 17.7. The molecule has 0 radical (unpaired) electrons. The summed E-state index contributed by atoms with van der Waals surface area (Å²) in [4.78, 5) is 108. The van der Waals surface area contributed by atoms with E-state index in [2.05, 4.69) is 55.1 Å². The number of ether oxygens (including phenoxy) is 3. The third-order valence-electron chi connectivity index (χ3n) is 11.9. The van der Waals surface area contributed by atoms with Gasteiger partial charge in [-0.05, 0) is 91.2 Å². The number of amides is 4. The average molecular weight is 1150 g/mol. The summed E-state index contributed by atoms with van der Waals surface area (Å²) >= 11 is 5.69. The van der Waals surface area contributed by atoms with Crippen molar-refractivity contribution in [2.45, 2.75) is 209 Å². The molecular weight excluding hydrogens is 1060 g/mol. The highest BCUT2D eigenvalue weighted by atomic mass is 32.2. The molecule has 3 aliphatic heterocycles. The molecule has 428 valence electrons. The van der Waals surface area contributed by atoms with Crippen molar-refractivity contribution in [1.82, 2.24) is 31.2 Å². The summed E-state index contributed by atoms with van der Waals surface area (Å²) in [5.41, 5.74) is -1.37. The molecule has 3 aliphatic rings. The van der Waals surface area contributed by atoms with E-state index >= 15 is 0 Å². The molecule has 0 saturated heterocycles. The number of unbranched alkanes of at least 4 members (excludes halogenated alkanes) is 6. The molecule has 0 saturated carbocycles. The van der Waals surface area contributed by atoms with E-state index < -0.39 is 59.0 Å². The van der Waals surface area contributed by atoms with Gasteiger partial charge in [0.15, 0.2) is 0 Å². The van der Waals surface area contributed by atoms with Gasteiger partial charge in [-0.1, -0.05) is 86.8 Å². The number of fused-ring (bicyclic) bond motifs is 4. The molecule has 18 nitrogen and oxygen atoms in total. The first-order valence-corrected chi connectivity index (χ1v) is 30.0. The van der Waals surface area contributed by atoms with E-state index in [4.69, 9.17) is 14.2 Å². The second-order valence-electron chi connectivity index (χ2n) is 21.1. The fourth-order valence-corrected chi connectivity index (χ4v) is 11.3. The molecule has 6 atom stereocenters. The summed E-state index contributed by atoms with van der Waals surface area (Å²) in [6.45, 7) is 22.5. The van der Waals surface area contributed by atoms with Crippen LogP contribution >= 0.6 is 46.2 Å². The molecule has 5 heterocycles. The molecule has 0 spiro atoms. The Kier molecular flexibility index (Phi) is 27.2. The SMILES string of the molecule is C.CCCCC/C=C/C(CC(C)=O)OC(=O)[C@@H](NC(=O)[C@]1(C)CSC(c2csc(CNC(=O)OC(C)(C)C)n2)=N1)C(C)C.CCCCC/C=C/C1CC(=O)NCc2nc(cs2)C2=N[C@@](C)(CS2)C(=O)N[C@@H](C(C)C)C(=O)O1. The molecule has 4 N–H and O–H groups in total. The molecular formula is C55H84N8O10S4. The van der Waals surface area contributed by atoms with E-state index in [1.54, 1.807) is 46.8 Å². The Morgan fingerprint density at radius 3 is 2.17 bits per heavy atom. The van der Waals surface area contributed by atoms with Crippen LogP contribution in [0.25, 0.3) is 0 Å². The number of thioether (sulfide) groups is 2. The van der Waals surface area contributed by atoms with Gasteiger partial charge in [0.05, 0.1) is 19.5 Å². The lowest BCUT2D eigenvalue weighted by Crippen LogP contribution is -2.53. The number of hydrogen-bond donors (Lipinski definition) is 4. The summed E-state index contributed by atoms with van der Waals surface area (Å²) in [7, 11) is 0. The van der Waals surface area contributed by atoms with Crippen molar-refractivity contribution >= 4 is 97.8 Å². The van der Waals surface area contributed by atoms with Gasteiger partial charge >= 0.3 is 18.0 Å². The standard InChI is InChI=1S/C30H46N4O6S2.C24H34N4O4S2.CH4/c1-9-10-11-12-13-14-21(15-20(4)35)39-26(36)24(19(2)3)33-27(37)30(8)18-42-25(34-30)22-17-41-23(32-22)16-31-28(38)40-29(5,6)7;1-5-6-7-8-9-10-16-11-18(29)25-12-19-26-17(13-33-19)21-28-24(4,14-34-21)23(31)27-20(15(2)3)22(30)32-16;/h13-14,17,19,21,24H,9-12,15-16,18H2,1-8H3,(H,31,38)(H,33,37);9-10,13,15-16,20H,5-8,11-12,14H2,1-4H3,(H,25,29)(H,27,31);1H4/b14-13+;10-9+;/t21?,24-,30-;16?,20-,24-;/m00./s1. The predicted molar refractivity (Wildman–Crippen MR) is 310 cm³/mol. The summed E-state index contributed by atoms with van der Waals surface area (Å²) in [6.07, 6.45) is 13.9. The van der Waals surface area contributed by atoms with Gasteiger partial charge < -0.3 is 35.5 Å². The van der Waals surface area contributed by atoms with Crippen LogP contribution in [-0.2, 0) is 56.1 Å². The van der Waals surface area contributed by atoms with Crippen LogP contribution in [0.3, 0.4) is 0 Å². The Bertz CT molecular complexity index is 2450. The van der Waals surface area contributed by atoms with Crippen molar-refractivity contribution in [3.05, 3.63) is 56.5 Å². The largest absolute Gasteiger partial charge is 0.456 e. The summed E-state index contributed by atoms with van der Waals surface area (Å²) < 4.78 is 16.7. The first-order chi connectivity index (χ1) is 35.8. The average Bonchev–Trinajstić information content (AvgIpc) is 4.17. The number of aliphatic imine (C=N–C) groups is 2. The van der Waals surface area contributed by atoms with E-state index in [0.717, 1.165) is 56.4 Å². The monoisotopic (exact) mass is 1140 g/mol. The molecule has 2 aromatic heterocycles. The Hall–Kier alpha value is -4.93. The summed E-state index contributed by atoms with van der Waals surface area (Å²) in [5.74, 6) is -1.75. The van der Waals surface area contributed by atoms with Crippen LogP contribution in [0.1, 0.15) is 176 Å². The normalized spacial score (nSPS) is 21.7. The fourth-order valence-electron chi connectivity index (χ4n) is 7.50. The second kappa shape index (κ2) is 31.6. The number of carbonyl (C=O) groups is 7. The van der Waals surface area contributed by atoms with Gasteiger partial charge in [-0.3, -0.25) is 29.2 Å². The molecule has 4 amide bonds. The molecule has 4 bridgehead atoms. The van der Waals surface area contributed by atoms with Crippen LogP contribution in [0.2, 0.25) is 0 Å². The van der Waals surface area contributed by atoms with Gasteiger partial charge in [0.25, 0.3) is 0 Å². The number of aromatic nitrogens is 2. The van der Waals surface area contributed by atoms with Crippen molar-refractivity contribution < 1.29 is 47.8 Å². The van der Waals surface area contributed by atoms with Gasteiger partial charge in [-0.2, -0.15) is 0 Å². The third kappa shape index (κ3) is 22.0. The maximum absolute atomic E-state index is 13.4. The van der Waals surface area contributed by atoms with E-state index in [0.29, 0.717) is 38.0 Å². The number of ketones is 1. The molecule has 5 rings (SSSR count). The van der Waals surface area contributed by atoms with Crippen molar-refractivity contribution in [3.8, 4) is 0 Å². The van der Waals surface area contributed by atoms with E-state index in [-0.39, 0.29) is 68.7 Å². The quantitative estimate of drug-likeness (QED) is 0.0393. The third-order valence-corrected chi connectivity index (χ3v) is 16.1. The van der Waals surface area contributed by atoms with Crippen LogP contribution in [0.5, 0.6) is 0 Å². The number of thiazole rings is 2. The van der Waals surface area contributed by atoms with Gasteiger partial charge in [0, 0.05) is 28.7 Å². The highest BCUT2D eigenvalue weighted by Gasteiger charge is 2.43. The zero-order valence-corrected chi connectivity index (χ0v) is 49.6. The number of rotatable bonds is 21. The Labute approximate surface area is 472 Å². The Morgan fingerprint density at radius 1 is 0.896 bits per heavy atom. The lowest BCUT2D eigenvalue weighted by molar-refractivity contribution is -0.154. The molecule has 77 heavy (non-hydrogen) atoms. The van der Waals surface area contributed by atoms with Gasteiger partial charge in [-0.15, -0.1) is 46.2 Å². The van der Waals surface area contributed by atoms with Crippen LogP contribution in [0.4, 0.5) is 4.79 Å². The number of esters is 2. The van der Waals surface area contributed by atoms with Crippen LogP contribution in [0.15, 0.2) is 45.0 Å².